The molecule has 1 aliphatic carbocycles. The van der Waals surface area contributed by atoms with Crippen molar-refractivity contribution >= 4 is 0 Å². The molecule has 1 heterocycles. The Morgan fingerprint density at radius 1 is 1.07 bits per heavy atom. The monoisotopic (exact) mass is 211 g/mol. The molecule has 88 valence electrons. The van der Waals surface area contributed by atoms with Crippen molar-refractivity contribution in [3.8, 4) is 0 Å². The van der Waals surface area contributed by atoms with E-state index in [4.69, 9.17) is 4.74 Å². The average molecular weight is 211 g/mol. The van der Waals surface area contributed by atoms with Gasteiger partial charge in [-0.15, -0.1) is 0 Å². The number of hydrogen-bond donors (Lipinski definition) is 1. The second kappa shape index (κ2) is 5.86. The first-order valence-corrected chi connectivity index (χ1v) is 6.70. The first kappa shape index (κ1) is 11.4. The Balaban J connectivity index is 1.72. The molecule has 0 aromatic heterocycles. The summed E-state index contributed by atoms with van der Waals surface area (Å²) in [6, 6.07) is 1.31. The minimum atomic E-state index is 0.621. The molecule has 1 saturated heterocycles. The zero-order chi connectivity index (χ0) is 10.5. The second-order valence-electron chi connectivity index (χ2n) is 5.27. The lowest BCUT2D eigenvalue weighted by Crippen LogP contribution is -2.45. The van der Waals surface area contributed by atoms with Crippen molar-refractivity contribution in [1.29, 1.82) is 0 Å². The number of rotatable bonds is 3. The van der Waals surface area contributed by atoms with Crippen LogP contribution in [0, 0.1) is 5.92 Å². The lowest BCUT2D eigenvalue weighted by molar-refractivity contribution is 0.0626. The van der Waals surface area contributed by atoms with Crippen LogP contribution in [0.1, 0.15) is 51.9 Å². The zero-order valence-electron chi connectivity index (χ0n) is 10.0. The number of ether oxygens (including phenoxy) is 1. The fourth-order valence-corrected chi connectivity index (χ4v) is 3.01. The molecular weight excluding hydrogens is 186 g/mol. The summed E-state index contributed by atoms with van der Waals surface area (Å²) < 4.78 is 5.51. The Hall–Kier alpha value is -0.0800. The van der Waals surface area contributed by atoms with Crippen LogP contribution < -0.4 is 5.32 Å². The summed E-state index contributed by atoms with van der Waals surface area (Å²) >= 11 is 0. The smallest absolute Gasteiger partial charge is 0.0619 e. The lowest BCUT2D eigenvalue weighted by Gasteiger charge is -2.33. The normalized spacial score (nSPS) is 31.4. The van der Waals surface area contributed by atoms with Gasteiger partial charge >= 0.3 is 0 Å². The standard InChI is InChI=1S/C13H25NO/c1-11(12-6-3-2-4-7-12)14-13-8-5-9-15-10-13/h11-14H,2-10H2,1H3. The molecule has 0 aromatic rings. The van der Waals surface area contributed by atoms with Crippen molar-refractivity contribution in [2.24, 2.45) is 5.92 Å². The predicted octanol–water partition coefficient (Wildman–Crippen LogP) is 2.72. The maximum Gasteiger partial charge on any atom is 0.0619 e. The van der Waals surface area contributed by atoms with Crippen LogP contribution >= 0.6 is 0 Å². The van der Waals surface area contributed by atoms with E-state index in [-0.39, 0.29) is 0 Å². The molecule has 0 amide bonds. The van der Waals surface area contributed by atoms with E-state index in [9.17, 15) is 0 Å². The van der Waals surface area contributed by atoms with E-state index in [0.29, 0.717) is 12.1 Å². The van der Waals surface area contributed by atoms with Crippen molar-refractivity contribution < 1.29 is 4.74 Å². The Kier molecular flexibility index (Phi) is 4.45. The van der Waals surface area contributed by atoms with E-state index in [1.54, 1.807) is 0 Å². The summed E-state index contributed by atoms with van der Waals surface area (Å²) in [5.74, 6) is 0.917. The third-order valence-corrected chi connectivity index (χ3v) is 4.02. The molecule has 0 bridgehead atoms. The molecule has 0 radical (unpaired) electrons. The van der Waals surface area contributed by atoms with Gasteiger partial charge in [0.1, 0.15) is 0 Å². The predicted molar refractivity (Wildman–Crippen MR) is 63.0 cm³/mol. The molecule has 0 aromatic carbocycles. The topological polar surface area (TPSA) is 21.3 Å². The molecule has 2 aliphatic rings. The third-order valence-electron chi connectivity index (χ3n) is 4.02. The Morgan fingerprint density at radius 3 is 2.53 bits per heavy atom. The largest absolute Gasteiger partial charge is 0.380 e. The summed E-state index contributed by atoms with van der Waals surface area (Å²) in [4.78, 5) is 0. The van der Waals surface area contributed by atoms with Crippen LogP contribution in [0.2, 0.25) is 0 Å². The number of hydrogen-bond acceptors (Lipinski definition) is 2. The van der Waals surface area contributed by atoms with Gasteiger partial charge in [0.25, 0.3) is 0 Å². The van der Waals surface area contributed by atoms with Gasteiger partial charge in [0.05, 0.1) is 6.61 Å². The maximum absolute atomic E-state index is 5.51. The van der Waals surface area contributed by atoms with Crippen LogP contribution in [0.4, 0.5) is 0 Å². The molecule has 1 saturated carbocycles. The van der Waals surface area contributed by atoms with Gasteiger partial charge < -0.3 is 10.1 Å². The maximum atomic E-state index is 5.51. The van der Waals surface area contributed by atoms with Crippen LogP contribution in [0.5, 0.6) is 0 Å². The van der Waals surface area contributed by atoms with Crippen LogP contribution in [0.3, 0.4) is 0 Å². The van der Waals surface area contributed by atoms with Crippen LogP contribution in [-0.2, 0) is 4.74 Å². The molecule has 1 N–H and O–H groups in total. The summed E-state index contributed by atoms with van der Waals surface area (Å²) in [7, 11) is 0. The fourth-order valence-electron chi connectivity index (χ4n) is 3.01. The molecule has 15 heavy (non-hydrogen) atoms. The van der Waals surface area contributed by atoms with E-state index < -0.39 is 0 Å². The van der Waals surface area contributed by atoms with Crippen LogP contribution in [-0.4, -0.2) is 25.3 Å². The molecule has 0 spiro atoms. The highest BCUT2D eigenvalue weighted by Gasteiger charge is 2.23. The molecule has 2 fully saturated rings. The van der Waals surface area contributed by atoms with E-state index in [1.165, 1.54) is 44.9 Å². The minimum absolute atomic E-state index is 0.621. The Labute approximate surface area is 93.8 Å². The van der Waals surface area contributed by atoms with Gasteiger partial charge in [-0.05, 0) is 38.5 Å². The van der Waals surface area contributed by atoms with Crippen molar-refractivity contribution in [3.05, 3.63) is 0 Å². The molecule has 2 heteroatoms. The first-order valence-electron chi connectivity index (χ1n) is 6.70. The van der Waals surface area contributed by atoms with Crippen LogP contribution in [0.15, 0.2) is 0 Å². The van der Waals surface area contributed by atoms with Gasteiger partial charge in [-0.1, -0.05) is 19.3 Å². The summed E-state index contributed by atoms with van der Waals surface area (Å²) in [5.41, 5.74) is 0. The van der Waals surface area contributed by atoms with Gasteiger partial charge in [-0.2, -0.15) is 0 Å². The molecule has 2 rings (SSSR count). The quantitative estimate of drug-likeness (QED) is 0.775. The van der Waals surface area contributed by atoms with Gasteiger partial charge in [0.2, 0.25) is 0 Å². The van der Waals surface area contributed by atoms with Crippen LogP contribution in [0.25, 0.3) is 0 Å². The van der Waals surface area contributed by atoms with E-state index in [0.717, 1.165) is 19.1 Å². The second-order valence-corrected chi connectivity index (χ2v) is 5.27. The molecule has 2 nitrogen and oxygen atoms in total. The zero-order valence-corrected chi connectivity index (χ0v) is 10.0. The van der Waals surface area contributed by atoms with Crippen molar-refractivity contribution in [1.82, 2.24) is 5.32 Å². The molecule has 2 atom stereocenters. The third kappa shape index (κ3) is 3.46. The van der Waals surface area contributed by atoms with Crippen molar-refractivity contribution in [2.45, 2.75) is 64.0 Å². The van der Waals surface area contributed by atoms with E-state index in [1.807, 2.05) is 0 Å². The number of nitrogens with one attached hydrogen (secondary N) is 1. The van der Waals surface area contributed by atoms with Gasteiger partial charge in [0, 0.05) is 18.7 Å². The van der Waals surface area contributed by atoms with Gasteiger partial charge in [-0.3, -0.25) is 0 Å². The summed E-state index contributed by atoms with van der Waals surface area (Å²) in [5, 5.41) is 3.76. The van der Waals surface area contributed by atoms with E-state index >= 15 is 0 Å². The molecular formula is C13H25NO. The van der Waals surface area contributed by atoms with Crippen molar-refractivity contribution in [2.75, 3.05) is 13.2 Å². The summed E-state index contributed by atoms with van der Waals surface area (Å²) in [6.45, 7) is 4.26. The Morgan fingerprint density at radius 2 is 1.87 bits per heavy atom. The average Bonchev–Trinajstić information content (AvgIpc) is 2.31. The minimum Gasteiger partial charge on any atom is -0.380 e. The lowest BCUT2D eigenvalue weighted by atomic mass is 9.84. The fraction of sp³-hybridized carbons (Fsp3) is 1.00. The van der Waals surface area contributed by atoms with E-state index in [2.05, 4.69) is 12.2 Å². The van der Waals surface area contributed by atoms with Gasteiger partial charge in [0.15, 0.2) is 0 Å². The van der Waals surface area contributed by atoms with Gasteiger partial charge in [-0.25, -0.2) is 0 Å². The summed E-state index contributed by atoms with van der Waals surface area (Å²) in [6.07, 6.45) is 9.74. The highest BCUT2D eigenvalue weighted by atomic mass is 16.5. The van der Waals surface area contributed by atoms with Crippen molar-refractivity contribution in [3.63, 3.8) is 0 Å². The Bertz CT molecular complexity index is 171. The highest BCUT2D eigenvalue weighted by molar-refractivity contribution is 4.80. The molecule has 2 unspecified atom stereocenters. The SMILES string of the molecule is CC(NC1CCCOC1)C1CCCCC1. The molecule has 1 aliphatic heterocycles. The first-order chi connectivity index (χ1) is 7.36. The highest BCUT2D eigenvalue weighted by Crippen LogP contribution is 2.26.